The van der Waals surface area contributed by atoms with Crippen molar-refractivity contribution in [1.29, 1.82) is 5.26 Å². The molecule has 1 aromatic heterocycles. The van der Waals surface area contributed by atoms with Crippen molar-refractivity contribution in [2.45, 2.75) is 6.54 Å². The van der Waals surface area contributed by atoms with Crippen molar-refractivity contribution in [2.24, 2.45) is 5.73 Å². The maximum absolute atomic E-state index is 12.2. The third kappa shape index (κ3) is 3.52. The predicted molar refractivity (Wildman–Crippen MR) is 134 cm³/mol. The molecule has 4 aromatic carbocycles. The number of hydrogen-bond donors (Lipinski definition) is 1. The summed E-state index contributed by atoms with van der Waals surface area (Å²) in [5, 5.41) is 12.4. The molecule has 4 nitrogen and oxygen atoms in total. The van der Waals surface area contributed by atoms with Crippen molar-refractivity contribution in [1.82, 2.24) is 4.57 Å². The van der Waals surface area contributed by atoms with E-state index in [1.807, 2.05) is 54.6 Å². The maximum Gasteiger partial charge on any atom is 0.249 e. The SMILES string of the molecule is N#Cc1ccccc1Cn1c2cc(-c3c(Cl)cccc3Cl)ccc2c2c(C(N)=O)cccc21. The molecular weight excluding hydrogens is 453 g/mol. The highest BCUT2D eigenvalue weighted by Crippen LogP contribution is 2.39. The van der Waals surface area contributed by atoms with Gasteiger partial charge in [0.2, 0.25) is 5.91 Å². The fourth-order valence-corrected chi connectivity index (χ4v) is 5.00. The molecule has 0 aliphatic rings. The maximum atomic E-state index is 12.2. The van der Waals surface area contributed by atoms with Crippen LogP contribution in [0.15, 0.2) is 78.9 Å². The fraction of sp³-hybridized carbons (Fsp3) is 0.0370. The topological polar surface area (TPSA) is 71.8 Å². The molecule has 1 heterocycles. The summed E-state index contributed by atoms with van der Waals surface area (Å²) in [7, 11) is 0. The van der Waals surface area contributed by atoms with Crippen LogP contribution in [0.1, 0.15) is 21.5 Å². The summed E-state index contributed by atoms with van der Waals surface area (Å²) in [6.45, 7) is 0.450. The molecule has 0 aliphatic carbocycles. The summed E-state index contributed by atoms with van der Waals surface area (Å²) in [4.78, 5) is 12.2. The number of amides is 1. The summed E-state index contributed by atoms with van der Waals surface area (Å²) in [6, 6.07) is 26.6. The lowest BCUT2D eigenvalue weighted by atomic mass is 10.0. The van der Waals surface area contributed by atoms with Crippen LogP contribution in [-0.4, -0.2) is 10.5 Å². The molecule has 0 saturated heterocycles. The lowest BCUT2D eigenvalue weighted by molar-refractivity contribution is 0.100. The Morgan fingerprint density at radius 3 is 2.36 bits per heavy atom. The second kappa shape index (κ2) is 8.29. The molecule has 6 heteroatoms. The van der Waals surface area contributed by atoms with Gasteiger partial charge in [0.25, 0.3) is 0 Å². The van der Waals surface area contributed by atoms with Crippen LogP contribution in [0.25, 0.3) is 32.9 Å². The van der Waals surface area contributed by atoms with Crippen molar-refractivity contribution in [2.75, 3.05) is 0 Å². The van der Waals surface area contributed by atoms with Crippen LogP contribution >= 0.6 is 23.2 Å². The van der Waals surface area contributed by atoms with Crippen molar-refractivity contribution < 1.29 is 4.79 Å². The smallest absolute Gasteiger partial charge is 0.249 e. The number of carbonyl (C=O) groups is 1. The number of nitrogens with two attached hydrogens (primary N) is 1. The zero-order valence-corrected chi connectivity index (χ0v) is 18.9. The molecule has 2 N–H and O–H groups in total. The Morgan fingerprint density at radius 2 is 1.64 bits per heavy atom. The molecule has 0 bridgehead atoms. The van der Waals surface area contributed by atoms with Crippen molar-refractivity contribution >= 4 is 50.9 Å². The summed E-state index contributed by atoms with van der Waals surface area (Å²) >= 11 is 13.0. The highest BCUT2D eigenvalue weighted by Gasteiger charge is 2.19. The monoisotopic (exact) mass is 469 g/mol. The van der Waals surface area contributed by atoms with Gasteiger partial charge in [0, 0.05) is 38.5 Å². The fourth-order valence-electron chi connectivity index (χ4n) is 4.39. The van der Waals surface area contributed by atoms with Crippen LogP contribution in [0.5, 0.6) is 0 Å². The summed E-state index contributed by atoms with van der Waals surface area (Å²) in [5.41, 5.74) is 11.0. The largest absolute Gasteiger partial charge is 0.366 e. The minimum absolute atomic E-state index is 0.450. The molecule has 0 aliphatic heterocycles. The molecule has 5 aromatic rings. The molecule has 5 rings (SSSR count). The minimum atomic E-state index is -0.490. The van der Waals surface area contributed by atoms with Crippen molar-refractivity contribution in [3.63, 3.8) is 0 Å². The van der Waals surface area contributed by atoms with Gasteiger partial charge in [-0.15, -0.1) is 0 Å². The quantitative estimate of drug-likeness (QED) is 0.314. The second-order valence-electron chi connectivity index (χ2n) is 7.75. The van der Waals surface area contributed by atoms with Gasteiger partial charge in [-0.2, -0.15) is 5.26 Å². The number of rotatable bonds is 4. The molecule has 33 heavy (non-hydrogen) atoms. The Hall–Kier alpha value is -3.78. The lowest BCUT2D eigenvalue weighted by Gasteiger charge is -2.11. The van der Waals surface area contributed by atoms with E-state index in [-0.39, 0.29) is 0 Å². The van der Waals surface area contributed by atoms with Gasteiger partial charge in [-0.25, -0.2) is 0 Å². The van der Waals surface area contributed by atoms with Crippen LogP contribution in [0.2, 0.25) is 10.0 Å². The number of nitrogens with zero attached hydrogens (tertiary/aromatic N) is 2. The van der Waals surface area contributed by atoms with Gasteiger partial charge in [-0.3, -0.25) is 4.79 Å². The summed E-state index contributed by atoms with van der Waals surface area (Å²) in [5.74, 6) is -0.490. The van der Waals surface area contributed by atoms with E-state index in [0.29, 0.717) is 27.7 Å². The van der Waals surface area contributed by atoms with Crippen LogP contribution in [-0.2, 0) is 6.54 Å². The minimum Gasteiger partial charge on any atom is -0.366 e. The van der Waals surface area contributed by atoms with Gasteiger partial charge in [0.15, 0.2) is 0 Å². The average molecular weight is 470 g/mol. The molecular formula is C27H17Cl2N3O. The van der Waals surface area contributed by atoms with E-state index in [0.717, 1.165) is 38.5 Å². The van der Waals surface area contributed by atoms with Gasteiger partial charge in [-0.1, -0.05) is 65.7 Å². The Labute approximate surface area is 200 Å². The Bertz CT molecular complexity index is 1590. The first-order valence-corrected chi connectivity index (χ1v) is 11.0. The van der Waals surface area contributed by atoms with Crippen LogP contribution in [0, 0.1) is 11.3 Å². The molecule has 0 spiro atoms. The summed E-state index contributed by atoms with van der Waals surface area (Å²) in [6.07, 6.45) is 0. The van der Waals surface area contributed by atoms with Gasteiger partial charge >= 0.3 is 0 Å². The number of aromatic nitrogens is 1. The van der Waals surface area contributed by atoms with Gasteiger partial charge in [-0.05, 0) is 47.5 Å². The first kappa shape index (κ1) is 21.1. The number of primary amides is 1. The van der Waals surface area contributed by atoms with E-state index in [2.05, 4.69) is 10.6 Å². The first-order chi connectivity index (χ1) is 16.0. The zero-order valence-electron chi connectivity index (χ0n) is 17.3. The zero-order chi connectivity index (χ0) is 23.1. The normalized spacial score (nSPS) is 11.1. The average Bonchev–Trinajstić information content (AvgIpc) is 3.12. The van der Waals surface area contributed by atoms with E-state index in [1.54, 1.807) is 24.3 Å². The molecule has 0 atom stereocenters. The van der Waals surface area contributed by atoms with Crippen LogP contribution < -0.4 is 5.73 Å². The molecule has 0 radical (unpaired) electrons. The number of fused-ring (bicyclic) bond motifs is 3. The first-order valence-electron chi connectivity index (χ1n) is 10.3. The Kier molecular flexibility index (Phi) is 5.30. The Balaban J connectivity index is 1.85. The van der Waals surface area contributed by atoms with Gasteiger partial charge < -0.3 is 10.3 Å². The number of benzene rings is 4. The van der Waals surface area contributed by atoms with Crippen molar-refractivity contribution in [3.05, 3.63) is 106 Å². The van der Waals surface area contributed by atoms with E-state index < -0.39 is 5.91 Å². The standard InChI is InChI=1S/C27H17Cl2N3O/c28-21-8-4-9-22(29)25(21)16-11-12-19-24(13-16)32(15-18-6-2-1-5-17(18)14-30)23-10-3-7-20(26(19)23)27(31)33/h1-13H,15H2,(H2,31,33). The van der Waals surface area contributed by atoms with E-state index in [1.165, 1.54) is 0 Å². The van der Waals surface area contributed by atoms with Gasteiger partial charge in [0.1, 0.15) is 0 Å². The summed E-state index contributed by atoms with van der Waals surface area (Å²) < 4.78 is 2.10. The van der Waals surface area contributed by atoms with E-state index in [4.69, 9.17) is 28.9 Å². The number of hydrogen-bond acceptors (Lipinski definition) is 2. The van der Waals surface area contributed by atoms with Crippen LogP contribution in [0.4, 0.5) is 0 Å². The molecule has 0 unspecified atom stereocenters. The number of halogens is 2. The predicted octanol–water partition coefficient (Wildman–Crippen LogP) is 6.79. The molecule has 0 fully saturated rings. The van der Waals surface area contributed by atoms with E-state index >= 15 is 0 Å². The highest BCUT2D eigenvalue weighted by molar-refractivity contribution is 6.39. The van der Waals surface area contributed by atoms with E-state index in [9.17, 15) is 10.1 Å². The second-order valence-corrected chi connectivity index (χ2v) is 8.56. The number of carbonyl (C=O) groups excluding carboxylic acids is 1. The number of nitriles is 1. The third-order valence-corrected chi connectivity index (χ3v) is 6.50. The van der Waals surface area contributed by atoms with Crippen molar-refractivity contribution in [3.8, 4) is 17.2 Å². The Morgan fingerprint density at radius 1 is 0.909 bits per heavy atom. The van der Waals surface area contributed by atoms with Gasteiger partial charge in [0.05, 0.1) is 22.7 Å². The third-order valence-electron chi connectivity index (χ3n) is 5.87. The molecule has 1 amide bonds. The van der Waals surface area contributed by atoms with Crippen LogP contribution in [0.3, 0.4) is 0 Å². The lowest BCUT2D eigenvalue weighted by Crippen LogP contribution is -2.11. The molecule has 160 valence electrons. The highest BCUT2D eigenvalue weighted by atomic mass is 35.5. The molecule has 0 saturated carbocycles.